The molecule has 1 aromatic carbocycles. The zero-order valence-corrected chi connectivity index (χ0v) is 8.66. The van der Waals surface area contributed by atoms with E-state index in [1.54, 1.807) is 0 Å². The van der Waals surface area contributed by atoms with Gasteiger partial charge in [-0.25, -0.2) is 0 Å². The number of benzene rings is 1. The van der Waals surface area contributed by atoms with Crippen molar-refractivity contribution in [1.29, 1.82) is 0 Å². The van der Waals surface area contributed by atoms with Crippen molar-refractivity contribution in [3.05, 3.63) is 34.6 Å². The summed E-state index contributed by atoms with van der Waals surface area (Å²) in [5.74, 6) is 1.06. The van der Waals surface area contributed by atoms with Gasteiger partial charge < -0.3 is 5.73 Å². The summed E-state index contributed by atoms with van der Waals surface area (Å²) >= 11 is 5.15. The lowest BCUT2D eigenvalue weighted by Crippen LogP contribution is -2.05. The van der Waals surface area contributed by atoms with Crippen molar-refractivity contribution in [2.75, 3.05) is 5.73 Å². The van der Waals surface area contributed by atoms with E-state index in [0.717, 1.165) is 17.9 Å². The minimum absolute atomic E-state index is 0.239. The van der Waals surface area contributed by atoms with E-state index in [2.05, 4.69) is 16.0 Å². The number of rotatable bonds is 0. The van der Waals surface area contributed by atoms with E-state index in [1.165, 1.54) is 5.56 Å². The van der Waals surface area contributed by atoms with Crippen LogP contribution in [0.3, 0.4) is 0 Å². The first-order valence-corrected chi connectivity index (χ1v) is 4.99. The highest BCUT2D eigenvalue weighted by atomic mass is 32.1. The minimum atomic E-state index is 0.239. The number of anilines is 1. The first kappa shape index (κ1) is 8.55. The van der Waals surface area contributed by atoms with Crippen molar-refractivity contribution in [3.8, 4) is 11.4 Å². The second-order valence-electron chi connectivity index (χ2n) is 3.43. The zero-order valence-electron chi connectivity index (χ0n) is 7.84. The molecule has 4 nitrogen and oxygen atoms in total. The molecule has 0 spiro atoms. The van der Waals surface area contributed by atoms with Crippen molar-refractivity contribution >= 4 is 18.2 Å². The summed E-state index contributed by atoms with van der Waals surface area (Å²) in [5, 5.41) is 0. The Morgan fingerprint density at radius 2 is 2.07 bits per heavy atom. The molecular weight excluding hydrogens is 208 g/mol. The van der Waals surface area contributed by atoms with Gasteiger partial charge in [0.15, 0.2) is 0 Å². The van der Waals surface area contributed by atoms with Crippen LogP contribution in [-0.4, -0.2) is 14.5 Å². The van der Waals surface area contributed by atoms with E-state index >= 15 is 0 Å². The predicted octanol–water partition coefficient (Wildman–Crippen LogP) is 1.62. The second-order valence-corrected chi connectivity index (χ2v) is 3.80. The van der Waals surface area contributed by atoms with Crippen LogP contribution in [0.5, 0.6) is 0 Å². The summed E-state index contributed by atoms with van der Waals surface area (Å²) < 4.78 is 2.39. The smallest absolute Gasteiger partial charge is 0.224 e. The molecule has 1 aliphatic rings. The van der Waals surface area contributed by atoms with Gasteiger partial charge in [-0.15, -0.1) is 0 Å². The van der Waals surface area contributed by atoms with Gasteiger partial charge in [-0.3, -0.25) is 4.57 Å². The fourth-order valence-corrected chi connectivity index (χ4v) is 2.08. The lowest BCUT2D eigenvalue weighted by Gasteiger charge is -2.02. The molecule has 0 radical (unpaired) electrons. The van der Waals surface area contributed by atoms with Crippen molar-refractivity contribution in [1.82, 2.24) is 14.5 Å². The van der Waals surface area contributed by atoms with Crippen LogP contribution in [0.1, 0.15) is 5.56 Å². The van der Waals surface area contributed by atoms with Gasteiger partial charge in [-0.2, -0.15) is 9.97 Å². The Morgan fingerprint density at radius 3 is 2.93 bits per heavy atom. The van der Waals surface area contributed by atoms with E-state index in [0.29, 0.717) is 4.77 Å². The van der Waals surface area contributed by atoms with Crippen LogP contribution in [0.25, 0.3) is 11.4 Å². The number of hydrogen-bond acceptors (Lipinski definition) is 4. The Kier molecular flexibility index (Phi) is 1.63. The molecule has 0 fully saturated rings. The fourth-order valence-electron chi connectivity index (χ4n) is 1.84. The van der Waals surface area contributed by atoms with Gasteiger partial charge in [0.25, 0.3) is 0 Å². The molecule has 74 valence electrons. The molecular formula is C10H8N4S. The minimum Gasteiger partial charge on any atom is -0.368 e. The van der Waals surface area contributed by atoms with Crippen LogP contribution in [0, 0.1) is 4.77 Å². The van der Waals surface area contributed by atoms with Crippen molar-refractivity contribution in [2.45, 2.75) is 6.54 Å². The molecule has 3 rings (SSSR count). The standard InChI is InChI=1S/C10H8N4S/c11-9-12-8-7-4-2-1-3-6(7)5-14(8)10(15)13-9/h1-4H,5H2,(H2,11,13,15). The van der Waals surface area contributed by atoms with Crippen molar-refractivity contribution in [2.24, 2.45) is 0 Å². The Labute approximate surface area is 91.4 Å². The normalized spacial score (nSPS) is 12.3. The maximum atomic E-state index is 5.59. The van der Waals surface area contributed by atoms with Gasteiger partial charge in [0, 0.05) is 5.56 Å². The molecule has 0 bridgehead atoms. The van der Waals surface area contributed by atoms with Gasteiger partial charge in [-0.05, 0) is 17.8 Å². The third kappa shape index (κ3) is 1.16. The molecule has 0 amide bonds. The lowest BCUT2D eigenvalue weighted by molar-refractivity contribution is 0.772. The summed E-state index contributed by atoms with van der Waals surface area (Å²) in [6, 6.07) is 8.07. The number of fused-ring (bicyclic) bond motifs is 3. The maximum absolute atomic E-state index is 5.59. The molecule has 2 aromatic rings. The Bertz CT molecular complexity index is 603. The summed E-state index contributed by atoms with van der Waals surface area (Å²) in [6.45, 7) is 0.741. The van der Waals surface area contributed by atoms with Crippen LogP contribution in [0.15, 0.2) is 24.3 Å². The predicted molar refractivity (Wildman–Crippen MR) is 59.8 cm³/mol. The maximum Gasteiger partial charge on any atom is 0.224 e. The highest BCUT2D eigenvalue weighted by Crippen LogP contribution is 2.29. The van der Waals surface area contributed by atoms with Crippen LogP contribution < -0.4 is 5.73 Å². The van der Waals surface area contributed by atoms with E-state index < -0.39 is 0 Å². The number of nitrogens with two attached hydrogens (primary N) is 1. The number of hydrogen-bond donors (Lipinski definition) is 1. The second kappa shape index (κ2) is 2.87. The van der Waals surface area contributed by atoms with E-state index in [-0.39, 0.29) is 5.95 Å². The summed E-state index contributed by atoms with van der Waals surface area (Å²) in [5.41, 5.74) is 7.89. The average molecular weight is 216 g/mol. The first-order chi connectivity index (χ1) is 7.25. The number of nitrogens with zero attached hydrogens (tertiary/aromatic N) is 3. The Morgan fingerprint density at radius 1 is 1.27 bits per heavy atom. The van der Waals surface area contributed by atoms with Gasteiger partial charge in [0.2, 0.25) is 10.7 Å². The topological polar surface area (TPSA) is 56.7 Å². The highest BCUT2D eigenvalue weighted by molar-refractivity contribution is 7.71. The Hall–Kier alpha value is -1.75. The lowest BCUT2D eigenvalue weighted by atomic mass is 10.1. The quantitative estimate of drug-likeness (QED) is 0.580. The van der Waals surface area contributed by atoms with Crippen LogP contribution in [0.4, 0.5) is 5.95 Å². The highest BCUT2D eigenvalue weighted by Gasteiger charge is 2.19. The molecule has 1 aliphatic heterocycles. The molecule has 0 saturated heterocycles. The summed E-state index contributed by atoms with van der Waals surface area (Å²) in [4.78, 5) is 8.19. The fraction of sp³-hybridized carbons (Fsp3) is 0.100. The summed E-state index contributed by atoms with van der Waals surface area (Å²) in [7, 11) is 0. The average Bonchev–Trinajstić information content (AvgIpc) is 2.57. The van der Waals surface area contributed by atoms with E-state index in [4.69, 9.17) is 18.0 Å². The van der Waals surface area contributed by atoms with Crippen LogP contribution in [-0.2, 0) is 6.54 Å². The van der Waals surface area contributed by atoms with Crippen LogP contribution in [0.2, 0.25) is 0 Å². The third-order valence-electron chi connectivity index (χ3n) is 2.50. The molecule has 2 heterocycles. The van der Waals surface area contributed by atoms with E-state index in [9.17, 15) is 0 Å². The molecule has 0 unspecified atom stereocenters. The molecule has 2 N–H and O–H groups in total. The van der Waals surface area contributed by atoms with Gasteiger partial charge in [-0.1, -0.05) is 24.3 Å². The SMILES string of the molecule is Nc1nc2n(c(=S)n1)Cc1ccccc1-2. The number of aromatic nitrogens is 3. The molecule has 15 heavy (non-hydrogen) atoms. The molecule has 0 atom stereocenters. The molecule has 5 heteroatoms. The first-order valence-electron chi connectivity index (χ1n) is 4.58. The third-order valence-corrected chi connectivity index (χ3v) is 2.82. The van der Waals surface area contributed by atoms with E-state index in [1.807, 2.05) is 22.8 Å². The van der Waals surface area contributed by atoms with Gasteiger partial charge in [0.05, 0.1) is 6.54 Å². The largest absolute Gasteiger partial charge is 0.368 e. The Balaban J connectivity index is 2.38. The van der Waals surface area contributed by atoms with Crippen LogP contribution >= 0.6 is 12.2 Å². The van der Waals surface area contributed by atoms with Crippen molar-refractivity contribution < 1.29 is 0 Å². The molecule has 0 saturated carbocycles. The molecule has 0 aliphatic carbocycles. The van der Waals surface area contributed by atoms with Crippen molar-refractivity contribution in [3.63, 3.8) is 0 Å². The molecule has 1 aromatic heterocycles. The monoisotopic (exact) mass is 216 g/mol. The van der Waals surface area contributed by atoms with Gasteiger partial charge in [0.1, 0.15) is 5.82 Å². The summed E-state index contributed by atoms with van der Waals surface area (Å²) in [6.07, 6.45) is 0. The van der Waals surface area contributed by atoms with Gasteiger partial charge >= 0.3 is 0 Å². The number of nitrogen functional groups attached to an aromatic ring is 1. The zero-order chi connectivity index (χ0) is 10.4.